The van der Waals surface area contributed by atoms with E-state index in [0.29, 0.717) is 17.7 Å². The largest absolute Gasteiger partial charge is 0.508 e. The smallest absolute Gasteiger partial charge is 0.115 e. The molecule has 3 nitrogen and oxygen atoms in total. The Labute approximate surface area is 114 Å². The minimum absolute atomic E-state index is 0.0399. The maximum atomic E-state index is 9.83. The van der Waals surface area contributed by atoms with Crippen molar-refractivity contribution < 1.29 is 10.2 Å². The van der Waals surface area contributed by atoms with Crippen LogP contribution in [0.2, 0.25) is 0 Å². The third-order valence-corrected chi connectivity index (χ3v) is 5.54. The highest BCUT2D eigenvalue weighted by Crippen LogP contribution is 2.51. The zero-order chi connectivity index (χ0) is 13.6. The average molecular weight is 261 g/mol. The number of fused-ring (bicyclic) bond motifs is 4. The summed E-state index contributed by atoms with van der Waals surface area (Å²) in [6.07, 6.45) is 2.92. The van der Waals surface area contributed by atoms with Crippen LogP contribution >= 0.6 is 0 Å². The van der Waals surface area contributed by atoms with Gasteiger partial charge in [0.25, 0.3) is 0 Å². The summed E-state index contributed by atoms with van der Waals surface area (Å²) in [4.78, 5) is 2.45. The van der Waals surface area contributed by atoms with Crippen molar-refractivity contribution in [3.8, 4) is 5.75 Å². The molecule has 3 heteroatoms. The van der Waals surface area contributed by atoms with Crippen molar-refractivity contribution in [3.05, 3.63) is 29.3 Å². The second kappa shape index (κ2) is 4.50. The second-order valence-electron chi connectivity index (χ2n) is 6.26. The molecular weight excluding hydrogens is 238 g/mol. The molecule has 1 saturated heterocycles. The highest BCUT2D eigenvalue weighted by Gasteiger charge is 2.49. The molecule has 19 heavy (non-hydrogen) atoms. The Morgan fingerprint density at radius 1 is 1.42 bits per heavy atom. The van der Waals surface area contributed by atoms with Crippen LogP contribution in [0, 0.1) is 5.92 Å². The molecule has 1 aromatic rings. The van der Waals surface area contributed by atoms with Gasteiger partial charge in [-0.3, -0.25) is 0 Å². The summed E-state index contributed by atoms with van der Waals surface area (Å²) in [7, 11) is 2.20. The summed E-state index contributed by atoms with van der Waals surface area (Å²) >= 11 is 0. The molecule has 0 spiro atoms. The molecule has 2 N–H and O–H groups in total. The van der Waals surface area contributed by atoms with Crippen LogP contribution in [0.1, 0.15) is 30.9 Å². The monoisotopic (exact) mass is 261 g/mol. The zero-order valence-corrected chi connectivity index (χ0v) is 11.8. The quantitative estimate of drug-likeness (QED) is 0.854. The fourth-order valence-corrected chi connectivity index (χ4v) is 4.35. The van der Waals surface area contributed by atoms with Crippen LogP contribution < -0.4 is 0 Å². The van der Waals surface area contributed by atoms with Crippen molar-refractivity contribution in [1.29, 1.82) is 0 Å². The van der Waals surface area contributed by atoms with Crippen LogP contribution in [0.25, 0.3) is 0 Å². The van der Waals surface area contributed by atoms with Gasteiger partial charge in [-0.1, -0.05) is 13.0 Å². The fraction of sp³-hybridized carbons (Fsp3) is 0.625. The summed E-state index contributed by atoms with van der Waals surface area (Å²) in [5.74, 6) is 0.869. The molecule has 104 valence electrons. The first-order valence-electron chi connectivity index (χ1n) is 7.22. The molecule has 0 amide bonds. The highest BCUT2D eigenvalue weighted by molar-refractivity contribution is 5.44. The molecule has 1 fully saturated rings. The molecular formula is C16H23NO2. The number of aliphatic hydroxyl groups excluding tert-OH is 1. The number of rotatable bonds is 2. The second-order valence-corrected chi connectivity index (χ2v) is 6.26. The molecule has 1 aliphatic heterocycles. The third kappa shape index (κ3) is 1.79. The Kier molecular flexibility index (Phi) is 3.06. The van der Waals surface area contributed by atoms with Crippen molar-refractivity contribution in [2.45, 2.75) is 37.6 Å². The van der Waals surface area contributed by atoms with E-state index in [2.05, 4.69) is 24.9 Å². The average Bonchev–Trinajstić information content (AvgIpc) is 2.38. The van der Waals surface area contributed by atoms with Crippen LogP contribution in [-0.4, -0.2) is 41.4 Å². The molecule has 0 saturated carbocycles. The number of aliphatic hydroxyl groups is 1. The van der Waals surface area contributed by atoms with Gasteiger partial charge in [-0.05, 0) is 62.0 Å². The van der Waals surface area contributed by atoms with E-state index in [1.54, 1.807) is 6.07 Å². The summed E-state index contributed by atoms with van der Waals surface area (Å²) in [6.45, 7) is 3.60. The normalized spacial score (nSPS) is 34.1. The van der Waals surface area contributed by atoms with Gasteiger partial charge in [0.15, 0.2) is 0 Å². The van der Waals surface area contributed by atoms with Crippen LogP contribution in [0.3, 0.4) is 0 Å². The lowest BCUT2D eigenvalue weighted by Gasteiger charge is -2.55. The number of piperidine rings is 1. The van der Waals surface area contributed by atoms with E-state index in [0.717, 1.165) is 25.8 Å². The van der Waals surface area contributed by atoms with Gasteiger partial charge in [-0.2, -0.15) is 0 Å². The Balaban J connectivity index is 2.15. The van der Waals surface area contributed by atoms with E-state index in [-0.39, 0.29) is 12.0 Å². The molecule has 1 aromatic carbocycles. The number of phenolic OH excluding ortho intramolecular Hbond substituents is 1. The maximum Gasteiger partial charge on any atom is 0.115 e. The third-order valence-electron chi connectivity index (χ3n) is 5.54. The number of benzene rings is 1. The summed E-state index contributed by atoms with van der Waals surface area (Å²) in [5, 5.41) is 19.4. The predicted octanol–water partition coefficient (Wildman–Crippen LogP) is 1.91. The van der Waals surface area contributed by atoms with E-state index >= 15 is 0 Å². The molecule has 0 unspecified atom stereocenters. The molecule has 1 aliphatic carbocycles. The SMILES string of the molecule is C[C@H]1[C@H]2Cc3ccc(O)cc3[C@]1(CCO)CCN2C. The van der Waals surface area contributed by atoms with Gasteiger partial charge in [0.1, 0.15) is 5.75 Å². The Hall–Kier alpha value is -1.06. The van der Waals surface area contributed by atoms with Crippen LogP contribution in [0.4, 0.5) is 0 Å². The highest BCUT2D eigenvalue weighted by atomic mass is 16.3. The van der Waals surface area contributed by atoms with E-state index < -0.39 is 0 Å². The number of aromatic hydroxyl groups is 1. The van der Waals surface area contributed by atoms with Gasteiger partial charge in [0.2, 0.25) is 0 Å². The van der Waals surface area contributed by atoms with Gasteiger partial charge in [0, 0.05) is 18.1 Å². The molecule has 3 rings (SSSR count). The molecule has 1 heterocycles. The van der Waals surface area contributed by atoms with E-state index in [9.17, 15) is 10.2 Å². The first-order valence-corrected chi connectivity index (χ1v) is 7.22. The van der Waals surface area contributed by atoms with Crippen LogP contribution in [-0.2, 0) is 11.8 Å². The zero-order valence-electron chi connectivity index (χ0n) is 11.8. The minimum Gasteiger partial charge on any atom is -0.508 e. The molecule has 2 aliphatic rings. The van der Waals surface area contributed by atoms with Gasteiger partial charge in [-0.25, -0.2) is 0 Å². The Bertz CT molecular complexity index is 488. The van der Waals surface area contributed by atoms with Gasteiger partial charge in [-0.15, -0.1) is 0 Å². The maximum absolute atomic E-state index is 9.83. The first kappa shape index (κ1) is 12.9. The predicted molar refractivity (Wildman–Crippen MR) is 75.4 cm³/mol. The van der Waals surface area contributed by atoms with Crippen molar-refractivity contribution >= 4 is 0 Å². The molecule has 0 aromatic heterocycles. The number of hydrogen-bond donors (Lipinski definition) is 2. The Morgan fingerprint density at radius 2 is 2.21 bits per heavy atom. The minimum atomic E-state index is 0.0399. The van der Waals surface area contributed by atoms with Crippen LogP contribution in [0.15, 0.2) is 18.2 Å². The van der Waals surface area contributed by atoms with Crippen molar-refractivity contribution in [2.24, 2.45) is 5.92 Å². The molecule has 0 radical (unpaired) electrons. The fourth-order valence-electron chi connectivity index (χ4n) is 4.35. The topological polar surface area (TPSA) is 43.7 Å². The number of nitrogens with zero attached hydrogens (tertiary/aromatic N) is 1. The summed E-state index contributed by atoms with van der Waals surface area (Å²) in [6, 6.07) is 6.34. The summed E-state index contributed by atoms with van der Waals surface area (Å²) < 4.78 is 0. The number of likely N-dealkylation sites (tertiary alicyclic amines) is 1. The van der Waals surface area contributed by atoms with Crippen molar-refractivity contribution in [3.63, 3.8) is 0 Å². The number of phenols is 1. The van der Waals surface area contributed by atoms with Crippen LogP contribution in [0.5, 0.6) is 5.75 Å². The molecule has 2 bridgehead atoms. The number of hydrogen-bond acceptors (Lipinski definition) is 3. The first-order chi connectivity index (χ1) is 9.08. The standard InChI is InChI=1S/C16H23NO2/c1-11-15-9-12-3-4-13(19)10-14(12)16(11,6-8-18)5-7-17(15)2/h3-4,10-11,15,18-19H,5-9H2,1-2H3/t11-,15+,16-/m0/s1. The lowest BCUT2D eigenvalue weighted by Crippen LogP contribution is -2.58. The van der Waals surface area contributed by atoms with Gasteiger partial charge in [0.05, 0.1) is 0 Å². The van der Waals surface area contributed by atoms with E-state index in [1.807, 2.05) is 6.07 Å². The van der Waals surface area contributed by atoms with E-state index in [1.165, 1.54) is 11.1 Å². The van der Waals surface area contributed by atoms with Gasteiger partial charge < -0.3 is 15.1 Å². The van der Waals surface area contributed by atoms with Crippen molar-refractivity contribution in [2.75, 3.05) is 20.2 Å². The lowest BCUT2D eigenvalue weighted by molar-refractivity contribution is 0.0265. The number of likely N-dealkylation sites (N-methyl/N-ethyl adjacent to an activating group) is 1. The lowest BCUT2D eigenvalue weighted by atomic mass is 9.56. The van der Waals surface area contributed by atoms with E-state index in [4.69, 9.17) is 0 Å². The molecule has 3 atom stereocenters. The Morgan fingerprint density at radius 3 is 2.95 bits per heavy atom. The summed E-state index contributed by atoms with van der Waals surface area (Å²) in [5.41, 5.74) is 2.66. The van der Waals surface area contributed by atoms with Crippen molar-refractivity contribution in [1.82, 2.24) is 4.90 Å². The van der Waals surface area contributed by atoms with Gasteiger partial charge >= 0.3 is 0 Å².